The van der Waals surface area contributed by atoms with E-state index in [0.717, 1.165) is 33.1 Å². The highest BCUT2D eigenvalue weighted by molar-refractivity contribution is 6.28. The molecule has 1 heterocycles. The molecule has 0 aliphatic carbocycles. The molecule has 0 aliphatic heterocycles. The molecular formula is C50H30O. The molecule has 0 bridgehead atoms. The Morgan fingerprint density at radius 3 is 1.51 bits per heavy atom. The number of hydrogen-bond acceptors (Lipinski definition) is 1. The largest absolute Gasteiger partial charge is 0.455 e. The summed E-state index contributed by atoms with van der Waals surface area (Å²) in [5.74, 6) is 0. The second-order valence-electron chi connectivity index (χ2n) is 13.6. The van der Waals surface area contributed by atoms with Crippen LogP contribution in [-0.2, 0) is 0 Å². The molecule has 0 N–H and O–H groups in total. The minimum atomic E-state index is 0.905. The lowest BCUT2D eigenvalue weighted by Crippen LogP contribution is -1.91. The number of fused-ring (bicyclic) bond motifs is 4. The zero-order chi connectivity index (χ0) is 33.5. The van der Waals surface area contributed by atoms with Gasteiger partial charge < -0.3 is 4.42 Å². The number of benzene rings is 10. The maximum atomic E-state index is 6.52. The van der Waals surface area contributed by atoms with Crippen LogP contribution in [0.15, 0.2) is 186 Å². The molecule has 0 saturated heterocycles. The summed E-state index contributed by atoms with van der Waals surface area (Å²) < 4.78 is 6.52. The molecule has 11 aromatic rings. The Morgan fingerprint density at radius 2 is 0.784 bits per heavy atom. The molecule has 51 heavy (non-hydrogen) atoms. The molecule has 1 aromatic heterocycles. The van der Waals surface area contributed by atoms with Crippen LogP contribution in [0.1, 0.15) is 0 Å². The Morgan fingerprint density at radius 1 is 0.275 bits per heavy atom. The summed E-state index contributed by atoms with van der Waals surface area (Å²) in [7, 11) is 0. The van der Waals surface area contributed by atoms with Gasteiger partial charge in [0, 0.05) is 16.3 Å². The van der Waals surface area contributed by atoms with Crippen molar-refractivity contribution >= 4 is 65.0 Å². The summed E-state index contributed by atoms with van der Waals surface area (Å²) in [5, 5.41) is 12.6. The molecule has 0 amide bonds. The van der Waals surface area contributed by atoms with E-state index in [2.05, 4.69) is 182 Å². The molecule has 11 rings (SSSR count). The maximum absolute atomic E-state index is 6.52. The van der Waals surface area contributed by atoms with E-state index < -0.39 is 0 Å². The molecule has 0 atom stereocenters. The van der Waals surface area contributed by atoms with Gasteiger partial charge in [-0.1, -0.05) is 170 Å². The van der Waals surface area contributed by atoms with Crippen molar-refractivity contribution in [3.8, 4) is 44.5 Å². The molecule has 0 saturated carbocycles. The first-order valence-corrected chi connectivity index (χ1v) is 17.6. The first-order valence-electron chi connectivity index (χ1n) is 17.6. The first kappa shape index (κ1) is 28.2. The Bertz CT molecular complexity index is 3110. The highest BCUT2D eigenvalue weighted by atomic mass is 16.3. The third-order valence-electron chi connectivity index (χ3n) is 10.9. The summed E-state index contributed by atoms with van der Waals surface area (Å²) in [5.41, 5.74) is 11.5. The van der Waals surface area contributed by atoms with Gasteiger partial charge in [-0.25, -0.2) is 0 Å². The summed E-state index contributed by atoms with van der Waals surface area (Å²) in [4.78, 5) is 0. The fourth-order valence-electron chi connectivity index (χ4n) is 8.50. The van der Waals surface area contributed by atoms with E-state index in [1.807, 2.05) is 0 Å². The summed E-state index contributed by atoms with van der Waals surface area (Å²) in [6, 6.07) is 66.2. The van der Waals surface area contributed by atoms with Crippen LogP contribution < -0.4 is 0 Å². The van der Waals surface area contributed by atoms with E-state index in [1.54, 1.807) is 0 Å². The van der Waals surface area contributed by atoms with Crippen LogP contribution in [0, 0.1) is 0 Å². The number of furan rings is 1. The molecule has 0 unspecified atom stereocenters. The van der Waals surface area contributed by atoms with E-state index in [1.165, 1.54) is 76.5 Å². The lowest BCUT2D eigenvalue weighted by atomic mass is 9.85. The van der Waals surface area contributed by atoms with E-state index in [0.29, 0.717) is 0 Å². The second kappa shape index (κ2) is 10.9. The minimum absolute atomic E-state index is 0.905. The second-order valence-corrected chi connectivity index (χ2v) is 13.6. The molecule has 10 aromatic carbocycles. The Kier molecular flexibility index (Phi) is 6.02. The Labute approximate surface area is 295 Å². The van der Waals surface area contributed by atoms with Gasteiger partial charge >= 0.3 is 0 Å². The quantitative estimate of drug-likeness (QED) is 0.173. The SMILES string of the molecule is c1ccc(-c2ccc3ccc4c(-c5ccc(-c6ccc7oc8c(-c9ccccc9)cccc8c7c6)c6ccccc56)ccc5ccc2c3c54)cc1. The maximum Gasteiger partial charge on any atom is 0.143 e. The van der Waals surface area contributed by atoms with Gasteiger partial charge in [-0.3, -0.25) is 0 Å². The van der Waals surface area contributed by atoms with Gasteiger partial charge in [0.05, 0.1) is 0 Å². The lowest BCUT2D eigenvalue weighted by molar-refractivity contribution is 0.670. The molecule has 1 nitrogen and oxygen atoms in total. The normalized spacial score (nSPS) is 11.9. The smallest absolute Gasteiger partial charge is 0.143 e. The molecule has 0 aliphatic rings. The van der Waals surface area contributed by atoms with Gasteiger partial charge in [0.15, 0.2) is 0 Å². The van der Waals surface area contributed by atoms with Crippen LogP contribution in [-0.4, -0.2) is 0 Å². The van der Waals surface area contributed by atoms with Crippen LogP contribution in [0.2, 0.25) is 0 Å². The average molecular weight is 647 g/mol. The molecule has 0 spiro atoms. The van der Waals surface area contributed by atoms with Gasteiger partial charge in [-0.15, -0.1) is 0 Å². The zero-order valence-corrected chi connectivity index (χ0v) is 27.7. The summed E-state index contributed by atoms with van der Waals surface area (Å²) >= 11 is 0. The van der Waals surface area contributed by atoms with E-state index in [9.17, 15) is 0 Å². The van der Waals surface area contributed by atoms with Crippen LogP contribution >= 0.6 is 0 Å². The third kappa shape index (κ3) is 4.22. The Balaban J connectivity index is 1.10. The Hall–Kier alpha value is -6.70. The number of para-hydroxylation sites is 1. The van der Waals surface area contributed by atoms with Crippen molar-refractivity contribution in [2.24, 2.45) is 0 Å². The van der Waals surface area contributed by atoms with Crippen LogP contribution in [0.5, 0.6) is 0 Å². The average Bonchev–Trinajstić information content (AvgIpc) is 3.58. The first-order chi connectivity index (χ1) is 25.3. The fourth-order valence-corrected chi connectivity index (χ4v) is 8.50. The molecule has 0 radical (unpaired) electrons. The third-order valence-corrected chi connectivity index (χ3v) is 10.9. The van der Waals surface area contributed by atoms with Gasteiger partial charge in [-0.05, 0) is 94.2 Å². The van der Waals surface area contributed by atoms with E-state index in [-0.39, 0.29) is 0 Å². The van der Waals surface area contributed by atoms with Crippen LogP contribution in [0.4, 0.5) is 0 Å². The van der Waals surface area contributed by atoms with Gasteiger partial charge in [0.2, 0.25) is 0 Å². The van der Waals surface area contributed by atoms with E-state index >= 15 is 0 Å². The van der Waals surface area contributed by atoms with Gasteiger partial charge in [0.1, 0.15) is 11.2 Å². The van der Waals surface area contributed by atoms with Crippen molar-refractivity contribution in [2.75, 3.05) is 0 Å². The van der Waals surface area contributed by atoms with Gasteiger partial charge in [-0.2, -0.15) is 0 Å². The molecule has 1 heteroatoms. The minimum Gasteiger partial charge on any atom is -0.455 e. The van der Waals surface area contributed by atoms with Crippen molar-refractivity contribution in [1.29, 1.82) is 0 Å². The van der Waals surface area contributed by atoms with E-state index in [4.69, 9.17) is 4.42 Å². The van der Waals surface area contributed by atoms with Crippen LogP contribution in [0.3, 0.4) is 0 Å². The van der Waals surface area contributed by atoms with Crippen molar-refractivity contribution in [3.63, 3.8) is 0 Å². The highest BCUT2D eigenvalue weighted by Gasteiger charge is 2.18. The number of hydrogen-bond donors (Lipinski definition) is 0. The predicted molar refractivity (Wildman–Crippen MR) is 217 cm³/mol. The molecule has 0 fully saturated rings. The van der Waals surface area contributed by atoms with Crippen molar-refractivity contribution in [1.82, 2.24) is 0 Å². The number of rotatable bonds is 4. The monoisotopic (exact) mass is 646 g/mol. The van der Waals surface area contributed by atoms with Gasteiger partial charge in [0.25, 0.3) is 0 Å². The van der Waals surface area contributed by atoms with Crippen molar-refractivity contribution in [2.45, 2.75) is 0 Å². The highest BCUT2D eigenvalue weighted by Crippen LogP contribution is 2.45. The summed E-state index contributed by atoms with van der Waals surface area (Å²) in [6.07, 6.45) is 0. The van der Waals surface area contributed by atoms with Crippen molar-refractivity contribution in [3.05, 3.63) is 182 Å². The fraction of sp³-hybridized carbons (Fsp3) is 0. The topological polar surface area (TPSA) is 13.1 Å². The standard InChI is InChI=1S/C50H30O/c1-3-10-31(11-4-1)36-23-18-33-21-26-44-42(24-19-34-20-25-43(36)48(33)49(34)44)41-28-27-37(39-14-7-8-15-40(39)41)35-22-29-47-46(30-35)45-17-9-16-38(50(45)51-47)32-12-5-2-6-13-32/h1-30H. The lowest BCUT2D eigenvalue weighted by Gasteiger charge is -2.18. The predicted octanol–water partition coefficient (Wildman–Crippen LogP) is 14.3. The zero-order valence-electron chi connectivity index (χ0n) is 27.7. The summed E-state index contributed by atoms with van der Waals surface area (Å²) in [6.45, 7) is 0. The van der Waals surface area contributed by atoms with Crippen LogP contribution in [0.25, 0.3) is 110 Å². The molecule has 236 valence electrons. The molecular weight excluding hydrogens is 617 g/mol. The van der Waals surface area contributed by atoms with Crippen molar-refractivity contribution < 1.29 is 4.42 Å².